The summed E-state index contributed by atoms with van der Waals surface area (Å²) in [6.07, 6.45) is -32.5. The van der Waals surface area contributed by atoms with Crippen LogP contribution in [0.4, 0.5) is 70.2 Å². The molecule has 0 fully saturated rings. The van der Waals surface area contributed by atoms with E-state index in [-0.39, 0.29) is 6.92 Å². The molecule has 40 heavy (non-hydrogen) atoms. The van der Waals surface area contributed by atoms with Crippen molar-refractivity contribution in [2.75, 3.05) is 0 Å². The number of rotatable bonds is 15. The summed E-state index contributed by atoms with van der Waals surface area (Å²) in [7, 11) is -14.7. The Kier molecular flexibility index (Phi) is 10.3. The maximum absolute atomic E-state index is 14.2. The largest absolute Gasteiger partial charge is 0.460 e. The first kappa shape index (κ1) is 38.6. The first-order valence-electron chi connectivity index (χ1n) is 9.37. The summed E-state index contributed by atoms with van der Waals surface area (Å²) in [6.45, 7) is -0.00489. The summed E-state index contributed by atoms with van der Waals surface area (Å²) in [5.74, 6) is -20.1. The van der Waals surface area contributed by atoms with E-state index in [9.17, 15) is 87.1 Å². The van der Waals surface area contributed by atoms with Gasteiger partial charge in [-0.05, 0) is 12.8 Å². The van der Waals surface area contributed by atoms with Gasteiger partial charge in [-0.15, -0.1) is 0 Å². The number of hydrogen-bond donors (Lipinski definition) is 2. The first-order chi connectivity index (χ1) is 17.0. The summed E-state index contributed by atoms with van der Waals surface area (Å²) in [5.41, 5.74) is 0. The number of alkyl halides is 16. The number of halogens is 16. The molecule has 0 bridgehead atoms. The lowest BCUT2D eigenvalue weighted by Crippen LogP contribution is -2.59. The van der Waals surface area contributed by atoms with Crippen LogP contribution in [0.25, 0.3) is 0 Å². The third-order valence-corrected chi connectivity index (χ3v) is 6.65. The van der Waals surface area contributed by atoms with E-state index in [2.05, 4.69) is 0 Å². The van der Waals surface area contributed by atoms with Gasteiger partial charge in [-0.2, -0.15) is 87.1 Å². The van der Waals surface area contributed by atoms with Crippen molar-refractivity contribution < 1.29 is 106 Å². The molecule has 0 aliphatic heterocycles. The van der Waals surface area contributed by atoms with Crippen LogP contribution in [0.2, 0.25) is 0 Å². The highest BCUT2D eigenvalue weighted by atomic mass is 32.2. The smallest absolute Gasteiger partial charge is 0.281 e. The molecule has 26 heteroatoms. The number of ether oxygens (including phenoxy) is 2. The van der Waals surface area contributed by atoms with Crippen molar-refractivity contribution in [1.29, 1.82) is 0 Å². The normalized spacial score (nSPS) is 17.6. The van der Waals surface area contributed by atoms with E-state index >= 15 is 0 Å². The molecular formula is C14H14F16O8S2. The maximum Gasteiger partial charge on any atom is 0.460 e. The van der Waals surface area contributed by atoms with Crippen LogP contribution in [-0.2, 0) is 29.7 Å². The molecule has 0 amide bonds. The Morgan fingerprint density at radius 1 is 0.575 bits per heavy atom. The molecule has 2 N–H and O–H groups in total. The van der Waals surface area contributed by atoms with Gasteiger partial charge in [0, 0.05) is 11.8 Å². The zero-order valence-corrected chi connectivity index (χ0v) is 20.4. The van der Waals surface area contributed by atoms with E-state index in [1.54, 1.807) is 0 Å². The second-order valence-electron chi connectivity index (χ2n) is 7.74. The Hall–Kier alpha value is -1.38. The van der Waals surface area contributed by atoms with Gasteiger partial charge < -0.3 is 0 Å². The SMILES string of the molecule is CCC(CC(C)C(F)(F)C(F)(F)OC(F)(F)C(F)(F)S(=O)(=O)O)C(F)(F)C(F)(F)OC(F)(F)C(F)(F)S(=O)(=O)O. The van der Waals surface area contributed by atoms with E-state index in [1.165, 1.54) is 0 Å². The third kappa shape index (κ3) is 6.81. The molecule has 0 rings (SSSR count). The van der Waals surface area contributed by atoms with Crippen molar-refractivity contribution in [3.05, 3.63) is 0 Å². The van der Waals surface area contributed by atoms with Gasteiger partial charge in [0.2, 0.25) is 0 Å². The summed E-state index contributed by atoms with van der Waals surface area (Å²) in [4.78, 5) is 0. The molecule has 0 aromatic carbocycles. The quantitative estimate of drug-likeness (QED) is 0.168. The van der Waals surface area contributed by atoms with Crippen LogP contribution in [0.3, 0.4) is 0 Å². The molecule has 0 aromatic rings. The lowest BCUT2D eigenvalue weighted by atomic mass is 9.84. The van der Waals surface area contributed by atoms with Crippen LogP contribution in [0.15, 0.2) is 0 Å². The average molecular weight is 678 g/mol. The van der Waals surface area contributed by atoms with Gasteiger partial charge in [-0.25, -0.2) is 9.47 Å². The van der Waals surface area contributed by atoms with Gasteiger partial charge in [0.25, 0.3) is 0 Å². The van der Waals surface area contributed by atoms with Gasteiger partial charge in [0.1, 0.15) is 0 Å². The molecule has 0 radical (unpaired) electrons. The highest BCUT2D eigenvalue weighted by Gasteiger charge is 2.77. The molecule has 2 unspecified atom stereocenters. The van der Waals surface area contributed by atoms with Crippen molar-refractivity contribution in [3.63, 3.8) is 0 Å². The van der Waals surface area contributed by atoms with E-state index in [4.69, 9.17) is 9.11 Å². The maximum atomic E-state index is 14.2. The van der Waals surface area contributed by atoms with Gasteiger partial charge in [-0.3, -0.25) is 9.11 Å². The molecule has 2 atom stereocenters. The second kappa shape index (κ2) is 10.7. The minimum atomic E-state index is -7.34. The van der Waals surface area contributed by atoms with Crippen LogP contribution < -0.4 is 0 Å². The van der Waals surface area contributed by atoms with Crippen molar-refractivity contribution in [2.45, 2.75) is 73.5 Å². The summed E-state index contributed by atoms with van der Waals surface area (Å²) in [5, 5.41) is -14.1. The Bertz CT molecular complexity index is 1120. The lowest BCUT2D eigenvalue weighted by Gasteiger charge is -2.38. The molecule has 242 valence electrons. The zero-order valence-electron chi connectivity index (χ0n) is 18.8. The first-order valence-corrected chi connectivity index (χ1v) is 12.2. The van der Waals surface area contributed by atoms with Gasteiger partial charge in [0.05, 0.1) is 0 Å². The van der Waals surface area contributed by atoms with E-state index in [1.807, 2.05) is 9.47 Å². The van der Waals surface area contributed by atoms with Crippen molar-refractivity contribution in [1.82, 2.24) is 0 Å². The molecule has 0 spiro atoms. The zero-order chi connectivity index (χ0) is 33.0. The van der Waals surface area contributed by atoms with Crippen molar-refractivity contribution in [3.8, 4) is 0 Å². The number of hydrogen-bond acceptors (Lipinski definition) is 6. The Labute approximate surface area is 212 Å². The van der Waals surface area contributed by atoms with E-state index < -0.39 is 91.7 Å². The second-order valence-corrected chi connectivity index (χ2v) is 10.7. The predicted octanol–water partition coefficient (Wildman–Crippen LogP) is 5.68. The molecule has 0 saturated heterocycles. The van der Waals surface area contributed by atoms with Crippen molar-refractivity contribution >= 4 is 20.2 Å². The van der Waals surface area contributed by atoms with Crippen LogP contribution in [0.1, 0.15) is 26.7 Å². The standard InChI is InChI=1S/C14H14F16O8S2/c1-3-6(8(17,18)10(21,22)38-12(25,26)14(29,30)40(34,35)36)4-5(2)7(15,16)9(19,20)37-11(23,24)13(27,28)39(31,32)33/h5-6H,3-4H2,1-2H3,(H,31,32,33)(H,34,35,36). The fraction of sp³-hybridized carbons (Fsp3) is 1.00. The minimum Gasteiger partial charge on any atom is -0.281 e. The molecule has 0 saturated carbocycles. The van der Waals surface area contributed by atoms with Crippen LogP contribution in [0, 0.1) is 11.8 Å². The minimum absolute atomic E-state index is 0.333. The molecule has 8 nitrogen and oxygen atoms in total. The average Bonchev–Trinajstić information content (AvgIpc) is 2.67. The monoisotopic (exact) mass is 678 g/mol. The molecular weight excluding hydrogens is 664 g/mol. The lowest BCUT2D eigenvalue weighted by molar-refractivity contribution is -0.467. The third-order valence-electron chi connectivity index (χ3n) is 4.88. The van der Waals surface area contributed by atoms with Crippen LogP contribution in [0.5, 0.6) is 0 Å². The highest BCUT2D eigenvalue weighted by molar-refractivity contribution is 7.87. The van der Waals surface area contributed by atoms with Gasteiger partial charge in [-0.1, -0.05) is 13.8 Å². The Balaban J connectivity index is 6.29. The van der Waals surface area contributed by atoms with E-state index in [0.717, 1.165) is 0 Å². The molecule has 0 aromatic heterocycles. The summed E-state index contributed by atoms with van der Waals surface area (Å²) < 4.78 is 278. The predicted molar refractivity (Wildman–Crippen MR) is 92.4 cm³/mol. The topological polar surface area (TPSA) is 127 Å². The Morgan fingerprint density at radius 3 is 1.10 bits per heavy atom. The van der Waals surface area contributed by atoms with Crippen molar-refractivity contribution in [2.24, 2.45) is 11.8 Å². The van der Waals surface area contributed by atoms with Crippen LogP contribution in [-0.4, -0.2) is 72.7 Å². The summed E-state index contributed by atoms with van der Waals surface area (Å²) in [6, 6.07) is 0. The molecule has 0 aliphatic rings. The fourth-order valence-corrected chi connectivity index (χ4v) is 3.23. The van der Waals surface area contributed by atoms with Crippen LogP contribution >= 0.6 is 0 Å². The highest BCUT2D eigenvalue weighted by Crippen LogP contribution is 2.54. The summed E-state index contributed by atoms with van der Waals surface area (Å²) >= 11 is 0. The Morgan fingerprint density at radius 2 is 0.850 bits per heavy atom. The molecule has 0 aliphatic carbocycles. The molecule has 0 heterocycles. The van der Waals surface area contributed by atoms with Gasteiger partial charge in [0.15, 0.2) is 0 Å². The van der Waals surface area contributed by atoms with E-state index in [0.29, 0.717) is 6.92 Å². The fourth-order valence-electron chi connectivity index (χ4n) is 2.55. The van der Waals surface area contributed by atoms with Gasteiger partial charge >= 0.3 is 67.0 Å².